The number of ether oxygens (including phenoxy) is 1. The zero-order chi connectivity index (χ0) is 22.4. The van der Waals surface area contributed by atoms with Crippen molar-refractivity contribution in [3.63, 3.8) is 0 Å². The largest absolute Gasteiger partial charge is 0.496 e. The van der Waals surface area contributed by atoms with Crippen LogP contribution in [0, 0.1) is 12.7 Å². The third-order valence-electron chi connectivity index (χ3n) is 6.70. The zero-order valence-corrected chi connectivity index (χ0v) is 19.2. The molecule has 1 aliphatic carbocycles. The van der Waals surface area contributed by atoms with Crippen molar-refractivity contribution in [2.75, 3.05) is 7.11 Å². The quantitative estimate of drug-likeness (QED) is 0.362. The molecule has 1 aliphatic rings. The minimum atomic E-state index is -0.456. The number of methoxy groups -OCH3 is 1. The molecule has 0 saturated heterocycles. The van der Waals surface area contributed by atoms with Crippen molar-refractivity contribution in [3.8, 4) is 16.9 Å². The van der Waals surface area contributed by atoms with Gasteiger partial charge < -0.3 is 9.72 Å². The number of fused-ring (bicyclic) bond motifs is 1. The second-order valence-corrected chi connectivity index (χ2v) is 8.99. The van der Waals surface area contributed by atoms with Crippen LogP contribution in [0.25, 0.3) is 22.2 Å². The van der Waals surface area contributed by atoms with E-state index in [1.54, 1.807) is 13.2 Å². The van der Waals surface area contributed by atoms with E-state index in [1.165, 1.54) is 31.7 Å². The summed E-state index contributed by atoms with van der Waals surface area (Å²) in [7, 11) is 1.57. The summed E-state index contributed by atoms with van der Waals surface area (Å²) >= 11 is 6.36. The van der Waals surface area contributed by atoms with Crippen molar-refractivity contribution in [1.29, 1.82) is 0 Å². The lowest BCUT2D eigenvalue weighted by Crippen LogP contribution is -2.04. The maximum absolute atomic E-state index is 14.3. The van der Waals surface area contributed by atoms with Crippen LogP contribution in [0.2, 0.25) is 5.02 Å². The van der Waals surface area contributed by atoms with Gasteiger partial charge in [0, 0.05) is 46.6 Å². The second kappa shape index (κ2) is 8.24. The number of pyridine rings is 1. The van der Waals surface area contributed by atoms with Gasteiger partial charge in [-0.05, 0) is 43.5 Å². The highest BCUT2D eigenvalue weighted by Crippen LogP contribution is 2.41. The Hall–Kier alpha value is -2.86. The van der Waals surface area contributed by atoms with E-state index >= 15 is 0 Å². The topological polar surface area (TPSA) is 55.7 Å². The molecule has 4 aromatic rings. The van der Waals surface area contributed by atoms with Crippen LogP contribution in [0.1, 0.15) is 61.4 Å². The van der Waals surface area contributed by atoms with Crippen molar-refractivity contribution in [2.24, 2.45) is 0 Å². The first-order valence-corrected chi connectivity index (χ1v) is 11.4. The molecule has 3 aromatic heterocycles. The van der Waals surface area contributed by atoms with Gasteiger partial charge in [0.2, 0.25) is 0 Å². The number of aryl methyl sites for hydroxylation is 1. The number of aromatic amines is 1. The van der Waals surface area contributed by atoms with Crippen LogP contribution in [0.5, 0.6) is 5.75 Å². The number of H-pyrrole nitrogens is 1. The van der Waals surface area contributed by atoms with Crippen LogP contribution >= 0.6 is 11.6 Å². The van der Waals surface area contributed by atoms with Gasteiger partial charge in [0.05, 0.1) is 23.9 Å². The minimum absolute atomic E-state index is 0.0870. The Morgan fingerprint density at radius 3 is 2.81 bits per heavy atom. The summed E-state index contributed by atoms with van der Waals surface area (Å²) in [4.78, 5) is 7.90. The molecule has 0 radical (unpaired) electrons. The summed E-state index contributed by atoms with van der Waals surface area (Å²) in [6.07, 6.45) is 10.9. The van der Waals surface area contributed by atoms with Gasteiger partial charge in [0.15, 0.2) is 0 Å². The highest BCUT2D eigenvalue weighted by atomic mass is 35.5. The number of nitrogens with one attached hydrogen (secondary N) is 1. The van der Waals surface area contributed by atoms with Crippen molar-refractivity contribution < 1.29 is 9.13 Å². The van der Waals surface area contributed by atoms with Crippen LogP contribution in [-0.2, 0) is 0 Å². The molecule has 0 aliphatic heterocycles. The Kier molecular flexibility index (Phi) is 5.41. The van der Waals surface area contributed by atoms with E-state index < -0.39 is 5.82 Å². The first-order valence-electron chi connectivity index (χ1n) is 11.0. The van der Waals surface area contributed by atoms with E-state index in [0.29, 0.717) is 17.4 Å². The molecule has 1 N–H and O–H groups in total. The summed E-state index contributed by atoms with van der Waals surface area (Å²) in [5.41, 5.74) is 5.50. The maximum atomic E-state index is 14.3. The summed E-state index contributed by atoms with van der Waals surface area (Å²) in [5, 5.41) is 5.86. The van der Waals surface area contributed by atoms with Gasteiger partial charge in [-0.15, -0.1) is 0 Å². The van der Waals surface area contributed by atoms with Gasteiger partial charge in [-0.3, -0.25) is 4.68 Å². The van der Waals surface area contributed by atoms with Crippen LogP contribution < -0.4 is 4.74 Å². The lowest BCUT2D eigenvalue weighted by molar-refractivity contribution is 0.407. The van der Waals surface area contributed by atoms with E-state index in [9.17, 15) is 4.39 Å². The summed E-state index contributed by atoms with van der Waals surface area (Å²) in [5.74, 6) is -0.0831. The van der Waals surface area contributed by atoms with E-state index in [4.69, 9.17) is 21.4 Å². The van der Waals surface area contributed by atoms with Gasteiger partial charge in [-0.2, -0.15) is 5.10 Å². The normalized spacial score (nSPS) is 15.5. The van der Waals surface area contributed by atoms with Gasteiger partial charge in [-0.25, -0.2) is 9.37 Å². The first-order chi connectivity index (χ1) is 15.5. The number of benzene rings is 1. The Balaban J connectivity index is 1.58. The number of nitrogens with zero attached hydrogens (tertiary/aromatic N) is 3. The van der Waals surface area contributed by atoms with E-state index in [-0.39, 0.29) is 10.9 Å². The molecule has 32 heavy (non-hydrogen) atoms. The SMILES string of the molecule is COc1ccc(F)c(Cl)c1C(C)c1c[nH]c2ncc(-c3cn(C4CCCC4)nc3C)cc12. The fourth-order valence-electron chi connectivity index (χ4n) is 4.94. The maximum Gasteiger partial charge on any atom is 0.142 e. The number of rotatable bonds is 5. The minimum Gasteiger partial charge on any atom is -0.496 e. The van der Waals surface area contributed by atoms with Crippen molar-refractivity contribution in [2.45, 2.75) is 51.5 Å². The molecule has 0 amide bonds. The van der Waals surface area contributed by atoms with Gasteiger partial charge in [0.25, 0.3) is 0 Å². The second-order valence-electron chi connectivity index (χ2n) is 8.61. The molecule has 1 saturated carbocycles. The Labute approximate surface area is 191 Å². The third kappa shape index (κ3) is 3.47. The molecular formula is C25H26ClFN4O. The number of hydrogen-bond donors (Lipinski definition) is 1. The molecule has 1 aromatic carbocycles. The lowest BCUT2D eigenvalue weighted by Gasteiger charge is -2.17. The molecular weight excluding hydrogens is 427 g/mol. The molecule has 1 unspecified atom stereocenters. The van der Waals surface area contributed by atoms with Crippen LogP contribution in [0.4, 0.5) is 4.39 Å². The lowest BCUT2D eigenvalue weighted by atomic mass is 9.91. The fraction of sp³-hybridized carbons (Fsp3) is 0.360. The first kappa shape index (κ1) is 21.0. The average Bonchev–Trinajstić information content (AvgIpc) is 3.54. The average molecular weight is 453 g/mol. The third-order valence-corrected chi connectivity index (χ3v) is 7.09. The van der Waals surface area contributed by atoms with Gasteiger partial charge in [0.1, 0.15) is 17.2 Å². The van der Waals surface area contributed by atoms with Crippen molar-refractivity contribution in [1.82, 2.24) is 19.7 Å². The molecule has 1 atom stereocenters. The standard InChI is InChI=1S/C25H26ClFN4O/c1-14(23-22(32-3)9-8-21(27)24(23)26)19-12-29-25-18(19)10-16(11-28-25)20-13-31(30-15(20)2)17-6-4-5-7-17/h8-14,17H,4-7H2,1-3H3,(H,28,29). The number of halogens is 2. The molecule has 0 bridgehead atoms. The summed E-state index contributed by atoms with van der Waals surface area (Å²) < 4.78 is 21.9. The van der Waals surface area contributed by atoms with E-state index in [0.717, 1.165) is 33.4 Å². The van der Waals surface area contributed by atoms with Crippen molar-refractivity contribution >= 4 is 22.6 Å². The fourth-order valence-corrected chi connectivity index (χ4v) is 5.26. The Morgan fingerprint density at radius 1 is 1.28 bits per heavy atom. The Bertz CT molecular complexity index is 1290. The molecule has 5 rings (SSSR count). The highest BCUT2D eigenvalue weighted by molar-refractivity contribution is 6.31. The number of hydrogen-bond acceptors (Lipinski definition) is 3. The van der Waals surface area contributed by atoms with Crippen LogP contribution in [-0.4, -0.2) is 26.9 Å². The van der Waals surface area contributed by atoms with Gasteiger partial charge >= 0.3 is 0 Å². The predicted octanol–water partition coefficient (Wildman–Crippen LogP) is 6.80. The van der Waals surface area contributed by atoms with Gasteiger partial charge in [-0.1, -0.05) is 31.4 Å². The van der Waals surface area contributed by atoms with Crippen LogP contribution in [0.15, 0.2) is 36.8 Å². The van der Waals surface area contributed by atoms with Crippen molar-refractivity contribution in [3.05, 3.63) is 64.5 Å². The zero-order valence-electron chi connectivity index (χ0n) is 18.5. The highest BCUT2D eigenvalue weighted by Gasteiger charge is 2.24. The smallest absolute Gasteiger partial charge is 0.142 e. The molecule has 7 heteroatoms. The molecule has 166 valence electrons. The summed E-state index contributed by atoms with van der Waals surface area (Å²) in [6.45, 7) is 4.05. The molecule has 5 nitrogen and oxygen atoms in total. The van der Waals surface area contributed by atoms with Crippen LogP contribution in [0.3, 0.4) is 0 Å². The monoisotopic (exact) mass is 452 g/mol. The summed E-state index contributed by atoms with van der Waals surface area (Å²) in [6, 6.07) is 5.57. The molecule has 1 fully saturated rings. The molecule has 3 heterocycles. The van der Waals surface area contributed by atoms with E-state index in [1.807, 2.05) is 26.2 Å². The molecule has 0 spiro atoms. The Morgan fingerprint density at radius 2 is 2.06 bits per heavy atom. The van der Waals surface area contributed by atoms with E-state index in [2.05, 4.69) is 26.9 Å². The predicted molar refractivity (Wildman–Crippen MR) is 125 cm³/mol. The number of aromatic nitrogens is 4.